The molecule has 1 aromatic carbocycles. The summed E-state index contributed by atoms with van der Waals surface area (Å²) < 4.78 is 5.32. The number of phenolic OH excluding ortho intramolecular Hbond substituents is 1. The maximum absolute atomic E-state index is 12.5. The van der Waals surface area contributed by atoms with Gasteiger partial charge in [0, 0.05) is 6.54 Å². The zero-order valence-electron chi connectivity index (χ0n) is 12.0. The number of nitrogens with zero attached hydrogens (tertiary/aromatic N) is 3. The molecule has 3 aromatic rings. The van der Waals surface area contributed by atoms with Crippen LogP contribution in [0.2, 0.25) is 0 Å². The van der Waals surface area contributed by atoms with Crippen molar-refractivity contribution in [3.8, 4) is 5.75 Å². The molecule has 0 saturated carbocycles. The highest BCUT2D eigenvalue weighted by Crippen LogP contribution is 2.16. The Labute approximate surface area is 136 Å². The lowest BCUT2D eigenvalue weighted by molar-refractivity contribution is 0.201. The number of carbonyl (C=O) groups excluding carboxylic acids is 1. The van der Waals surface area contributed by atoms with Gasteiger partial charge in [-0.3, -0.25) is 5.32 Å². The lowest BCUT2D eigenvalue weighted by Gasteiger charge is -2.21. The highest BCUT2D eigenvalue weighted by atomic mass is 32.1. The van der Waals surface area contributed by atoms with Crippen molar-refractivity contribution in [1.29, 1.82) is 0 Å². The summed E-state index contributed by atoms with van der Waals surface area (Å²) in [5.41, 5.74) is 2.44. The van der Waals surface area contributed by atoms with Crippen molar-refractivity contribution in [2.24, 2.45) is 0 Å². The lowest BCUT2D eigenvalue weighted by Crippen LogP contribution is -2.33. The van der Waals surface area contributed by atoms with Crippen LogP contribution in [-0.4, -0.2) is 26.2 Å². The summed E-state index contributed by atoms with van der Waals surface area (Å²) in [5, 5.41) is 20.0. The average molecular weight is 330 g/mol. The van der Waals surface area contributed by atoms with Gasteiger partial charge in [0.2, 0.25) is 5.13 Å². The van der Waals surface area contributed by atoms with E-state index < -0.39 is 0 Å². The first kappa shape index (κ1) is 15.0. The normalized spacial score (nSPS) is 10.4. The average Bonchev–Trinajstić information content (AvgIpc) is 3.22. The number of aromatic hydroxyl groups is 1. The number of rotatable bonds is 5. The summed E-state index contributed by atoms with van der Waals surface area (Å²) in [6, 6.07) is 9.99. The third-order valence-corrected chi connectivity index (χ3v) is 3.70. The van der Waals surface area contributed by atoms with E-state index in [0.29, 0.717) is 24.0 Å². The first-order chi connectivity index (χ1) is 11.2. The maximum atomic E-state index is 12.5. The topological polar surface area (TPSA) is 91.5 Å². The molecule has 0 atom stereocenters. The number of urea groups is 1. The van der Waals surface area contributed by atoms with Crippen LogP contribution in [0.25, 0.3) is 0 Å². The number of hydrogen-bond donors (Lipinski definition) is 2. The van der Waals surface area contributed by atoms with Gasteiger partial charge in [0.1, 0.15) is 17.0 Å². The Balaban J connectivity index is 1.74. The molecule has 0 saturated heterocycles. The van der Waals surface area contributed by atoms with Crippen LogP contribution in [0.15, 0.2) is 52.6 Å². The van der Waals surface area contributed by atoms with Crippen LogP contribution in [-0.2, 0) is 13.1 Å². The van der Waals surface area contributed by atoms with Crippen molar-refractivity contribution in [3.05, 3.63) is 59.5 Å². The van der Waals surface area contributed by atoms with Crippen molar-refractivity contribution >= 4 is 22.5 Å². The molecule has 2 N–H and O–H groups in total. The minimum Gasteiger partial charge on any atom is -0.508 e. The van der Waals surface area contributed by atoms with Crippen molar-refractivity contribution in [3.63, 3.8) is 0 Å². The van der Waals surface area contributed by atoms with Crippen LogP contribution in [0.3, 0.4) is 0 Å². The smallest absolute Gasteiger partial charge is 0.324 e. The molecule has 0 fully saturated rings. The van der Waals surface area contributed by atoms with E-state index in [0.717, 1.165) is 5.56 Å². The second-order valence-corrected chi connectivity index (χ2v) is 5.61. The van der Waals surface area contributed by atoms with Crippen molar-refractivity contribution in [2.75, 3.05) is 5.32 Å². The number of anilines is 1. The van der Waals surface area contributed by atoms with Gasteiger partial charge in [0.05, 0.1) is 12.8 Å². The SMILES string of the molecule is O=C(Nc1nncs1)N(Cc1ccc(O)cc1)Cc1ccco1. The van der Waals surface area contributed by atoms with E-state index >= 15 is 0 Å². The molecule has 0 aliphatic carbocycles. The lowest BCUT2D eigenvalue weighted by atomic mass is 10.2. The monoisotopic (exact) mass is 330 g/mol. The molecular weight excluding hydrogens is 316 g/mol. The van der Waals surface area contributed by atoms with Gasteiger partial charge in [-0.25, -0.2) is 4.79 Å². The molecule has 0 spiro atoms. The second kappa shape index (κ2) is 6.93. The molecule has 2 heterocycles. The standard InChI is InChI=1S/C15H14N4O3S/c20-12-5-3-11(4-6-12)8-19(9-13-2-1-7-22-13)15(21)17-14-18-16-10-23-14/h1-7,10,20H,8-9H2,(H,17,18,21). The molecule has 0 radical (unpaired) electrons. The molecule has 0 aliphatic heterocycles. The Bertz CT molecular complexity index is 742. The molecule has 3 rings (SSSR count). The fourth-order valence-corrected chi connectivity index (χ4v) is 2.44. The molecule has 0 aliphatic rings. The number of nitrogens with one attached hydrogen (secondary N) is 1. The van der Waals surface area contributed by atoms with Crippen molar-refractivity contribution in [1.82, 2.24) is 15.1 Å². The van der Waals surface area contributed by atoms with E-state index in [1.807, 2.05) is 6.07 Å². The summed E-state index contributed by atoms with van der Waals surface area (Å²) in [6.45, 7) is 0.685. The number of phenols is 1. The quantitative estimate of drug-likeness (QED) is 0.750. The molecular formula is C15H14N4O3S. The third kappa shape index (κ3) is 4.07. The van der Waals surface area contributed by atoms with Crippen LogP contribution < -0.4 is 5.32 Å². The molecule has 23 heavy (non-hydrogen) atoms. The molecule has 0 bridgehead atoms. The summed E-state index contributed by atoms with van der Waals surface area (Å²) >= 11 is 1.25. The van der Waals surface area contributed by atoms with Crippen LogP contribution in [0.4, 0.5) is 9.93 Å². The third-order valence-electron chi connectivity index (χ3n) is 3.10. The fourth-order valence-electron chi connectivity index (χ4n) is 2.01. The predicted octanol–water partition coefficient (Wildman–Crippen LogP) is 3.07. The van der Waals surface area contributed by atoms with Crippen LogP contribution in [0.5, 0.6) is 5.75 Å². The van der Waals surface area contributed by atoms with Crippen LogP contribution in [0.1, 0.15) is 11.3 Å². The summed E-state index contributed by atoms with van der Waals surface area (Å²) in [7, 11) is 0. The Hall–Kier alpha value is -2.87. The minimum absolute atomic E-state index is 0.185. The predicted molar refractivity (Wildman–Crippen MR) is 85.0 cm³/mol. The number of benzene rings is 1. The summed E-state index contributed by atoms with van der Waals surface area (Å²) in [4.78, 5) is 14.1. The molecule has 0 unspecified atom stereocenters. The van der Waals surface area contributed by atoms with E-state index in [-0.39, 0.29) is 11.8 Å². The number of furan rings is 1. The summed E-state index contributed by atoms with van der Waals surface area (Å²) in [5.74, 6) is 0.862. The number of carbonyl (C=O) groups is 1. The van der Waals surface area contributed by atoms with E-state index in [9.17, 15) is 9.90 Å². The Morgan fingerprint density at radius 3 is 2.74 bits per heavy atom. The first-order valence-corrected chi connectivity index (χ1v) is 7.71. The van der Waals surface area contributed by atoms with Gasteiger partial charge in [-0.2, -0.15) is 0 Å². The Morgan fingerprint density at radius 2 is 2.09 bits per heavy atom. The van der Waals surface area contributed by atoms with Gasteiger partial charge in [0.25, 0.3) is 0 Å². The zero-order valence-corrected chi connectivity index (χ0v) is 12.9. The van der Waals surface area contributed by atoms with E-state index in [2.05, 4.69) is 15.5 Å². The number of hydrogen-bond acceptors (Lipinski definition) is 6. The van der Waals surface area contributed by atoms with E-state index in [1.54, 1.807) is 47.0 Å². The van der Waals surface area contributed by atoms with Gasteiger partial charge >= 0.3 is 6.03 Å². The van der Waals surface area contributed by atoms with Gasteiger partial charge in [-0.15, -0.1) is 10.2 Å². The second-order valence-electron chi connectivity index (χ2n) is 4.78. The maximum Gasteiger partial charge on any atom is 0.324 e. The van der Waals surface area contributed by atoms with Gasteiger partial charge in [0.15, 0.2) is 0 Å². The highest BCUT2D eigenvalue weighted by molar-refractivity contribution is 7.13. The molecule has 2 amide bonds. The molecule has 8 heteroatoms. The van der Waals surface area contributed by atoms with Crippen LogP contribution >= 0.6 is 11.3 Å². The number of amides is 2. The summed E-state index contributed by atoms with van der Waals surface area (Å²) in [6.07, 6.45) is 1.57. The fraction of sp³-hybridized carbons (Fsp3) is 0.133. The zero-order chi connectivity index (χ0) is 16.1. The highest BCUT2D eigenvalue weighted by Gasteiger charge is 2.17. The largest absolute Gasteiger partial charge is 0.508 e. The first-order valence-electron chi connectivity index (χ1n) is 6.83. The van der Waals surface area contributed by atoms with E-state index in [4.69, 9.17) is 4.42 Å². The van der Waals surface area contributed by atoms with Gasteiger partial charge in [-0.1, -0.05) is 23.5 Å². The van der Waals surface area contributed by atoms with Crippen LogP contribution in [0, 0.1) is 0 Å². The van der Waals surface area contributed by atoms with Crippen molar-refractivity contribution < 1.29 is 14.3 Å². The Kier molecular flexibility index (Phi) is 4.53. The van der Waals surface area contributed by atoms with Gasteiger partial charge < -0.3 is 14.4 Å². The van der Waals surface area contributed by atoms with E-state index in [1.165, 1.54) is 11.3 Å². The van der Waals surface area contributed by atoms with Gasteiger partial charge in [-0.05, 0) is 29.8 Å². The molecule has 2 aromatic heterocycles. The molecule has 7 nitrogen and oxygen atoms in total. The molecule has 118 valence electrons. The number of aromatic nitrogens is 2. The van der Waals surface area contributed by atoms with Crippen molar-refractivity contribution in [2.45, 2.75) is 13.1 Å². The Morgan fingerprint density at radius 1 is 1.26 bits per heavy atom. The minimum atomic E-state index is -0.300.